The summed E-state index contributed by atoms with van der Waals surface area (Å²) in [5.41, 5.74) is 1.04. The zero-order valence-corrected chi connectivity index (χ0v) is 11.8. The summed E-state index contributed by atoms with van der Waals surface area (Å²) in [6.45, 7) is 0.789. The van der Waals surface area contributed by atoms with Crippen LogP contribution in [0.2, 0.25) is 0 Å². The predicted molar refractivity (Wildman–Crippen MR) is 76.5 cm³/mol. The largest absolute Gasteiger partial charge is 0.395 e. The van der Waals surface area contributed by atoms with Crippen molar-refractivity contribution < 1.29 is 9.50 Å². The highest BCUT2D eigenvalue weighted by atomic mass is 79.9. The molecule has 0 atom stereocenters. The molecule has 5 heteroatoms. The maximum absolute atomic E-state index is 13.9. The van der Waals surface area contributed by atoms with Crippen LogP contribution in [0, 0.1) is 5.82 Å². The zero-order valence-electron chi connectivity index (χ0n) is 10.3. The summed E-state index contributed by atoms with van der Waals surface area (Å²) in [6, 6.07) is 11.1. The van der Waals surface area contributed by atoms with Gasteiger partial charge in [-0.2, -0.15) is 0 Å². The number of nitrogens with zero attached hydrogens (tertiary/aromatic N) is 2. The van der Waals surface area contributed by atoms with Crippen LogP contribution in [0.3, 0.4) is 0 Å². The van der Waals surface area contributed by atoms with Gasteiger partial charge < -0.3 is 10.0 Å². The number of aliphatic hydroxyl groups is 1. The molecule has 2 rings (SSSR count). The van der Waals surface area contributed by atoms with Crippen molar-refractivity contribution in [3.05, 3.63) is 58.4 Å². The molecule has 1 N–H and O–H groups in total. The second kappa shape index (κ2) is 6.63. The Balaban J connectivity index is 2.24. The van der Waals surface area contributed by atoms with Crippen molar-refractivity contribution in [1.29, 1.82) is 0 Å². The molecule has 2 aromatic rings. The van der Waals surface area contributed by atoms with Gasteiger partial charge in [0.15, 0.2) is 11.6 Å². The highest BCUT2D eigenvalue weighted by Crippen LogP contribution is 2.21. The zero-order chi connectivity index (χ0) is 13.7. The first kappa shape index (κ1) is 14.0. The SMILES string of the molecule is OCCN(Cc1ccccc1)c1ncc(Br)cc1F. The molecule has 0 amide bonds. The van der Waals surface area contributed by atoms with Gasteiger partial charge in [0, 0.05) is 23.8 Å². The smallest absolute Gasteiger partial charge is 0.166 e. The summed E-state index contributed by atoms with van der Waals surface area (Å²) in [5, 5.41) is 9.12. The second-order valence-electron chi connectivity index (χ2n) is 4.09. The van der Waals surface area contributed by atoms with Crippen molar-refractivity contribution in [3.8, 4) is 0 Å². The average molecular weight is 325 g/mol. The summed E-state index contributed by atoms with van der Waals surface area (Å²) < 4.78 is 14.5. The van der Waals surface area contributed by atoms with E-state index >= 15 is 0 Å². The molecule has 0 aliphatic carbocycles. The van der Waals surface area contributed by atoms with E-state index in [4.69, 9.17) is 5.11 Å². The van der Waals surface area contributed by atoms with Crippen LogP contribution in [0.25, 0.3) is 0 Å². The van der Waals surface area contributed by atoms with Crippen LogP contribution in [0.1, 0.15) is 5.56 Å². The number of benzene rings is 1. The highest BCUT2D eigenvalue weighted by molar-refractivity contribution is 9.10. The average Bonchev–Trinajstić information content (AvgIpc) is 2.39. The molecule has 0 spiro atoms. The van der Waals surface area contributed by atoms with Gasteiger partial charge in [0.05, 0.1) is 6.61 Å². The van der Waals surface area contributed by atoms with E-state index in [9.17, 15) is 4.39 Å². The van der Waals surface area contributed by atoms with E-state index in [1.165, 1.54) is 6.07 Å². The van der Waals surface area contributed by atoms with Crippen molar-refractivity contribution in [2.24, 2.45) is 0 Å². The van der Waals surface area contributed by atoms with Gasteiger partial charge in [-0.1, -0.05) is 30.3 Å². The molecule has 1 heterocycles. The van der Waals surface area contributed by atoms with Crippen LogP contribution in [0.15, 0.2) is 47.1 Å². The molecule has 100 valence electrons. The van der Waals surface area contributed by atoms with Crippen LogP contribution >= 0.6 is 15.9 Å². The third-order valence-corrected chi connectivity index (χ3v) is 3.11. The Morgan fingerprint density at radius 1 is 1.26 bits per heavy atom. The van der Waals surface area contributed by atoms with E-state index in [0.29, 0.717) is 17.6 Å². The first-order valence-corrected chi connectivity index (χ1v) is 6.71. The maximum Gasteiger partial charge on any atom is 0.166 e. The highest BCUT2D eigenvalue weighted by Gasteiger charge is 2.13. The van der Waals surface area contributed by atoms with Crippen molar-refractivity contribution in [2.45, 2.75) is 6.54 Å². The van der Waals surface area contributed by atoms with Gasteiger partial charge in [0.25, 0.3) is 0 Å². The molecular weight excluding hydrogens is 311 g/mol. The van der Waals surface area contributed by atoms with Gasteiger partial charge in [0.2, 0.25) is 0 Å². The van der Waals surface area contributed by atoms with Gasteiger partial charge in [0.1, 0.15) is 0 Å². The molecule has 0 aliphatic rings. The van der Waals surface area contributed by atoms with Crippen molar-refractivity contribution >= 4 is 21.7 Å². The van der Waals surface area contributed by atoms with Crippen molar-refractivity contribution in [3.63, 3.8) is 0 Å². The molecule has 0 unspecified atom stereocenters. The van der Waals surface area contributed by atoms with E-state index in [1.807, 2.05) is 30.3 Å². The topological polar surface area (TPSA) is 36.4 Å². The molecule has 19 heavy (non-hydrogen) atoms. The fourth-order valence-electron chi connectivity index (χ4n) is 1.82. The van der Waals surface area contributed by atoms with Gasteiger partial charge in [-0.3, -0.25) is 0 Å². The Morgan fingerprint density at radius 2 is 2.00 bits per heavy atom. The van der Waals surface area contributed by atoms with E-state index in [0.717, 1.165) is 5.56 Å². The van der Waals surface area contributed by atoms with Gasteiger partial charge in [-0.25, -0.2) is 9.37 Å². The molecule has 1 aromatic heterocycles. The van der Waals surface area contributed by atoms with Gasteiger partial charge in [-0.15, -0.1) is 0 Å². The summed E-state index contributed by atoms with van der Waals surface area (Å²) in [4.78, 5) is 5.81. The van der Waals surface area contributed by atoms with E-state index < -0.39 is 5.82 Å². The lowest BCUT2D eigenvalue weighted by Crippen LogP contribution is -2.27. The summed E-state index contributed by atoms with van der Waals surface area (Å²) >= 11 is 3.18. The standard InChI is InChI=1S/C14H14BrFN2O/c15-12-8-13(16)14(17-9-12)18(6-7-19)10-11-4-2-1-3-5-11/h1-5,8-9,19H,6-7,10H2. The number of hydrogen-bond acceptors (Lipinski definition) is 3. The Morgan fingerprint density at radius 3 is 2.63 bits per heavy atom. The normalized spacial score (nSPS) is 10.5. The van der Waals surface area contributed by atoms with Crippen LogP contribution in [-0.4, -0.2) is 23.2 Å². The molecule has 1 aromatic carbocycles. The van der Waals surface area contributed by atoms with E-state index in [2.05, 4.69) is 20.9 Å². The summed E-state index contributed by atoms with van der Waals surface area (Å²) in [7, 11) is 0. The van der Waals surface area contributed by atoms with Crippen LogP contribution < -0.4 is 4.90 Å². The first-order chi connectivity index (χ1) is 9.20. The number of halogens is 2. The lowest BCUT2D eigenvalue weighted by Gasteiger charge is -2.23. The molecule has 0 aliphatic heterocycles. The third kappa shape index (κ3) is 3.75. The number of aliphatic hydroxyl groups excluding tert-OH is 1. The molecular formula is C14H14BrFN2O. The van der Waals surface area contributed by atoms with Crippen LogP contribution in [-0.2, 0) is 6.54 Å². The Labute approximate surface area is 119 Å². The van der Waals surface area contributed by atoms with Gasteiger partial charge in [-0.05, 0) is 27.6 Å². The minimum Gasteiger partial charge on any atom is -0.395 e. The number of rotatable bonds is 5. The molecule has 0 saturated heterocycles. The number of hydrogen-bond donors (Lipinski definition) is 1. The van der Waals surface area contributed by atoms with E-state index in [1.54, 1.807) is 11.1 Å². The molecule has 0 saturated carbocycles. The monoisotopic (exact) mass is 324 g/mol. The van der Waals surface area contributed by atoms with Crippen LogP contribution in [0.4, 0.5) is 10.2 Å². The lowest BCUT2D eigenvalue weighted by molar-refractivity contribution is 0.300. The Hall–Kier alpha value is -1.46. The second-order valence-corrected chi connectivity index (χ2v) is 5.01. The third-order valence-electron chi connectivity index (χ3n) is 2.67. The van der Waals surface area contributed by atoms with E-state index in [-0.39, 0.29) is 12.4 Å². The number of aromatic nitrogens is 1. The fourth-order valence-corrected chi connectivity index (χ4v) is 2.13. The quantitative estimate of drug-likeness (QED) is 0.918. The number of pyridine rings is 1. The summed E-state index contributed by atoms with van der Waals surface area (Å²) in [5.74, 6) is -0.153. The maximum atomic E-state index is 13.9. The Bertz CT molecular complexity index is 536. The van der Waals surface area contributed by atoms with Crippen LogP contribution in [0.5, 0.6) is 0 Å². The Kier molecular flexibility index (Phi) is 4.87. The predicted octanol–water partition coefficient (Wildman–Crippen LogP) is 2.98. The minimum atomic E-state index is -0.404. The minimum absolute atomic E-state index is 0.0516. The van der Waals surface area contributed by atoms with Crippen molar-refractivity contribution in [1.82, 2.24) is 4.98 Å². The molecule has 0 bridgehead atoms. The molecule has 3 nitrogen and oxygen atoms in total. The lowest BCUT2D eigenvalue weighted by atomic mass is 10.2. The molecule has 0 radical (unpaired) electrons. The number of anilines is 1. The summed E-state index contributed by atoms with van der Waals surface area (Å²) in [6.07, 6.45) is 1.55. The first-order valence-electron chi connectivity index (χ1n) is 5.91. The van der Waals surface area contributed by atoms with Crippen molar-refractivity contribution in [2.75, 3.05) is 18.1 Å². The molecule has 0 fully saturated rings. The van der Waals surface area contributed by atoms with Gasteiger partial charge >= 0.3 is 0 Å². The fraction of sp³-hybridized carbons (Fsp3) is 0.214.